The highest BCUT2D eigenvalue weighted by Gasteiger charge is 1.93. The van der Waals surface area contributed by atoms with Gasteiger partial charge in [0.25, 0.3) is 0 Å². The van der Waals surface area contributed by atoms with Gasteiger partial charge in [-0.2, -0.15) is 5.26 Å². The highest BCUT2D eigenvalue weighted by atomic mass is 14.7. The number of nitrogens with zero attached hydrogens (tertiary/aromatic N) is 2. The summed E-state index contributed by atoms with van der Waals surface area (Å²) in [6, 6.07) is 5.60. The first kappa shape index (κ1) is 7.70. The van der Waals surface area contributed by atoms with Crippen molar-refractivity contribution < 1.29 is 0 Å². The fraction of sp³-hybridized carbons (Fsp3) is 0.250. The normalized spacial score (nSPS) is 9.09. The van der Waals surface area contributed by atoms with Gasteiger partial charge in [-0.05, 0) is 30.7 Å². The molecule has 0 aromatic carbocycles. The fourth-order valence-electron chi connectivity index (χ4n) is 0.858. The molecule has 3 heteroatoms. The summed E-state index contributed by atoms with van der Waals surface area (Å²) in [6.45, 7) is 0.606. The number of nitriles is 1. The molecule has 1 rings (SSSR count). The van der Waals surface area contributed by atoms with E-state index in [1.807, 2.05) is 12.1 Å². The Morgan fingerprint density at radius 3 is 3.09 bits per heavy atom. The van der Waals surface area contributed by atoms with Gasteiger partial charge in [-0.1, -0.05) is 0 Å². The molecule has 1 aromatic rings. The van der Waals surface area contributed by atoms with E-state index in [9.17, 15) is 0 Å². The van der Waals surface area contributed by atoms with Crippen LogP contribution in [-0.4, -0.2) is 11.5 Å². The number of aromatic nitrogens is 1. The highest BCUT2D eigenvalue weighted by Crippen LogP contribution is 2.00. The van der Waals surface area contributed by atoms with Crippen molar-refractivity contribution in [3.8, 4) is 6.07 Å². The minimum Gasteiger partial charge on any atom is -0.330 e. The Kier molecular flexibility index (Phi) is 2.59. The second kappa shape index (κ2) is 3.69. The quantitative estimate of drug-likeness (QED) is 0.660. The van der Waals surface area contributed by atoms with Crippen LogP contribution in [0.15, 0.2) is 18.3 Å². The van der Waals surface area contributed by atoms with E-state index in [0.29, 0.717) is 12.2 Å². The molecule has 3 nitrogen and oxygen atoms in total. The molecular formula is C8H9N3. The highest BCUT2D eigenvalue weighted by molar-refractivity contribution is 5.25. The molecule has 56 valence electrons. The molecule has 0 saturated heterocycles. The minimum absolute atomic E-state index is 0.455. The largest absolute Gasteiger partial charge is 0.330 e. The van der Waals surface area contributed by atoms with Crippen molar-refractivity contribution >= 4 is 0 Å². The monoisotopic (exact) mass is 147 g/mol. The van der Waals surface area contributed by atoms with Gasteiger partial charge in [-0.25, -0.2) is 4.98 Å². The molecule has 0 radical (unpaired) electrons. The minimum atomic E-state index is 0.455. The van der Waals surface area contributed by atoms with Crippen LogP contribution in [0.2, 0.25) is 0 Å². The van der Waals surface area contributed by atoms with Gasteiger partial charge < -0.3 is 5.73 Å². The van der Waals surface area contributed by atoms with E-state index in [0.717, 1.165) is 12.0 Å². The van der Waals surface area contributed by atoms with Crippen LogP contribution in [0.3, 0.4) is 0 Å². The molecule has 0 fully saturated rings. The number of pyridine rings is 1. The van der Waals surface area contributed by atoms with Crippen molar-refractivity contribution in [3.05, 3.63) is 29.6 Å². The van der Waals surface area contributed by atoms with Gasteiger partial charge in [0, 0.05) is 6.20 Å². The van der Waals surface area contributed by atoms with Crippen LogP contribution in [0, 0.1) is 11.3 Å². The maximum absolute atomic E-state index is 8.49. The van der Waals surface area contributed by atoms with Crippen molar-refractivity contribution in [2.24, 2.45) is 5.73 Å². The topological polar surface area (TPSA) is 62.7 Å². The standard InChI is InChI=1S/C8H9N3/c9-3-1-7-2-4-11-8(5-7)6-10/h2,4-5H,1,3,9H2. The van der Waals surface area contributed by atoms with Crippen LogP contribution >= 0.6 is 0 Å². The Morgan fingerprint density at radius 2 is 2.45 bits per heavy atom. The molecule has 0 amide bonds. The molecule has 0 aliphatic heterocycles. The predicted octanol–water partition coefficient (Wildman–Crippen LogP) is 0.454. The van der Waals surface area contributed by atoms with Crippen LogP contribution in [0.1, 0.15) is 11.3 Å². The maximum Gasteiger partial charge on any atom is 0.140 e. The van der Waals surface area contributed by atoms with Crippen LogP contribution in [0.25, 0.3) is 0 Å². The summed E-state index contributed by atoms with van der Waals surface area (Å²) in [6.07, 6.45) is 2.43. The van der Waals surface area contributed by atoms with Gasteiger partial charge >= 0.3 is 0 Å². The lowest BCUT2D eigenvalue weighted by atomic mass is 10.2. The first-order valence-electron chi connectivity index (χ1n) is 3.42. The number of nitrogens with two attached hydrogens (primary N) is 1. The Balaban J connectivity index is 2.85. The van der Waals surface area contributed by atoms with Gasteiger partial charge in [0.05, 0.1) is 0 Å². The van der Waals surface area contributed by atoms with E-state index in [-0.39, 0.29) is 0 Å². The van der Waals surface area contributed by atoms with E-state index < -0.39 is 0 Å². The summed E-state index contributed by atoms with van der Waals surface area (Å²) >= 11 is 0. The molecule has 1 heterocycles. The fourth-order valence-corrected chi connectivity index (χ4v) is 0.858. The molecule has 0 saturated carbocycles. The smallest absolute Gasteiger partial charge is 0.140 e. The second-order valence-electron chi connectivity index (χ2n) is 2.20. The lowest BCUT2D eigenvalue weighted by Gasteiger charge is -1.96. The Labute approximate surface area is 65.5 Å². The molecule has 1 aromatic heterocycles. The van der Waals surface area contributed by atoms with Crippen LogP contribution in [0.5, 0.6) is 0 Å². The maximum atomic E-state index is 8.49. The summed E-state index contributed by atoms with van der Waals surface area (Å²) < 4.78 is 0. The van der Waals surface area contributed by atoms with Crippen molar-refractivity contribution in [2.75, 3.05) is 6.54 Å². The third-order valence-electron chi connectivity index (χ3n) is 1.37. The Hall–Kier alpha value is -1.40. The summed E-state index contributed by atoms with van der Waals surface area (Å²) in [5, 5.41) is 8.49. The third kappa shape index (κ3) is 2.03. The molecule has 0 bridgehead atoms. The first-order chi connectivity index (χ1) is 5.36. The van der Waals surface area contributed by atoms with Crippen molar-refractivity contribution in [1.82, 2.24) is 4.98 Å². The van der Waals surface area contributed by atoms with Gasteiger partial charge in [-0.3, -0.25) is 0 Å². The number of hydrogen-bond acceptors (Lipinski definition) is 3. The molecule has 0 spiro atoms. The lowest BCUT2D eigenvalue weighted by Crippen LogP contribution is -2.02. The molecule has 0 aliphatic carbocycles. The SMILES string of the molecule is N#Cc1cc(CCN)ccn1. The first-order valence-corrected chi connectivity index (χ1v) is 3.42. The Morgan fingerprint density at radius 1 is 1.64 bits per heavy atom. The van der Waals surface area contributed by atoms with E-state index in [1.54, 1.807) is 12.3 Å². The van der Waals surface area contributed by atoms with E-state index >= 15 is 0 Å². The van der Waals surface area contributed by atoms with Gasteiger partial charge in [0.15, 0.2) is 0 Å². The van der Waals surface area contributed by atoms with Crippen LogP contribution in [-0.2, 0) is 6.42 Å². The van der Waals surface area contributed by atoms with Gasteiger partial charge in [0.1, 0.15) is 11.8 Å². The summed E-state index contributed by atoms with van der Waals surface area (Å²) in [4.78, 5) is 3.84. The molecule has 0 atom stereocenters. The van der Waals surface area contributed by atoms with Crippen LogP contribution < -0.4 is 5.73 Å². The zero-order valence-electron chi connectivity index (χ0n) is 6.12. The molecule has 0 aliphatic rings. The van der Waals surface area contributed by atoms with Crippen LogP contribution in [0.4, 0.5) is 0 Å². The third-order valence-corrected chi connectivity index (χ3v) is 1.37. The summed E-state index contributed by atoms with van der Waals surface area (Å²) in [5.41, 5.74) is 6.87. The zero-order valence-corrected chi connectivity index (χ0v) is 6.12. The average molecular weight is 147 g/mol. The Bertz CT molecular complexity index is 275. The zero-order chi connectivity index (χ0) is 8.10. The van der Waals surface area contributed by atoms with Crippen molar-refractivity contribution in [2.45, 2.75) is 6.42 Å². The lowest BCUT2D eigenvalue weighted by molar-refractivity contribution is 0.962. The molecular weight excluding hydrogens is 138 g/mol. The van der Waals surface area contributed by atoms with Crippen molar-refractivity contribution in [1.29, 1.82) is 5.26 Å². The van der Waals surface area contributed by atoms with E-state index in [2.05, 4.69) is 4.98 Å². The van der Waals surface area contributed by atoms with Gasteiger partial charge in [-0.15, -0.1) is 0 Å². The number of hydrogen-bond donors (Lipinski definition) is 1. The average Bonchev–Trinajstić information content (AvgIpc) is 2.06. The molecule has 2 N–H and O–H groups in total. The molecule has 11 heavy (non-hydrogen) atoms. The van der Waals surface area contributed by atoms with E-state index in [4.69, 9.17) is 11.0 Å². The van der Waals surface area contributed by atoms with E-state index in [1.165, 1.54) is 0 Å². The van der Waals surface area contributed by atoms with Gasteiger partial charge in [0.2, 0.25) is 0 Å². The van der Waals surface area contributed by atoms with Crippen molar-refractivity contribution in [3.63, 3.8) is 0 Å². The predicted molar refractivity (Wildman–Crippen MR) is 41.7 cm³/mol. The number of rotatable bonds is 2. The second-order valence-corrected chi connectivity index (χ2v) is 2.20. The summed E-state index contributed by atoms with van der Waals surface area (Å²) in [5.74, 6) is 0. The molecule has 0 unspecified atom stereocenters. The summed E-state index contributed by atoms with van der Waals surface area (Å²) in [7, 11) is 0.